The molecule has 5 nitrogen and oxygen atoms in total. The Balaban J connectivity index is 2.54. The zero-order valence-electron chi connectivity index (χ0n) is 13.6. The van der Waals surface area contributed by atoms with Crippen LogP contribution in [0.1, 0.15) is 26.5 Å². The van der Waals surface area contributed by atoms with Gasteiger partial charge in [0, 0.05) is 39.4 Å². The van der Waals surface area contributed by atoms with E-state index in [-0.39, 0.29) is 0 Å². The Morgan fingerprint density at radius 3 is 2.29 bits per heavy atom. The lowest BCUT2D eigenvalue weighted by atomic mass is 10.3. The van der Waals surface area contributed by atoms with Gasteiger partial charge in [-0.2, -0.15) is 0 Å². The maximum absolute atomic E-state index is 5.46. The van der Waals surface area contributed by atoms with Gasteiger partial charge in [-0.15, -0.1) is 0 Å². The average molecular weight is 295 g/mol. The first-order chi connectivity index (χ1) is 10.3. The van der Waals surface area contributed by atoms with Gasteiger partial charge in [-0.1, -0.05) is 6.07 Å². The van der Waals surface area contributed by atoms with Gasteiger partial charge in [0.25, 0.3) is 0 Å². The maximum atomic E-state index is 5.46. The fraction of sp³-hybridized carbons (Fsp3) is 0.688. The summed E-state index contributed by atoms with van der Waals surface area (Å²) in [5.41, 5.74) is 1.07. The van der Waals surface area contributed by atoms with Crippen molar-refractivity contribution < 1.29 is 9.47 Å². The van der Waals surface area contributed by atoms with E-state index in [9.17, 15) is 0 Å². The van der Waals surface area contributed by atoms with Gasteiger partial charge < -0.3 is 14.8 Å². The number of ether oxygens (including phenoxy) is 2. The molecule has 1 aromatic heterocycles. The van der Waals surface area contributed by atoms with E-state index >= 15 is 0 Å². The molecule has 0 amide bonds. The molecule has 0 saturated heterocycles. The topological polar surface area (TPSA) is 46.6 Å². The molecule has 0 fully saturated rings. The minimum atomic E-state index is 0.746. The summed E-state index contributed by atoms with van der Waals surface area (Å²) >= 11 is 0. The molecular formula is C16H29N3O2. The first kappa shape index (κ1) is 17.9. The molecule has 21 heavy (non-hydrogen) atoms. The normalized spacial score (nSPS) is 11.0. The van der Waals surface area contributed by atoms with Crippen LogP contribution in [0.5, 0.6) is 0 Å². The second kappa shape index (κ2) is 11.5. The lowest BCUT2D eigenvalue weighted by Gasteiger charge is -2.22. The zero-order valence-corrected chi connectivity index (χ0v) is 13.6. The van der Waals surface area contributed by atoms with E-state index in [0.29, 0.717) is 0 Å². The van der Waals surface area contributed by atoms with Crippen molar-refractivity contribution in [3.63, 3.8) is 0 Å². The van der Waals surface area contributed by atoms with Gasteiger partial charge in [-0.05, 0) is 32.9 Å². The van der Waals surface area contributed by atoms with E-state index in [2.05, 4.69) is 28.2 Å². The Morgan fingerprint density at radius 1 is 1.05 bits per heavy atom. The van der Waals surface area contributed by atoms with Crippen molar-refractivity contribution in [1.29, 1.82) is 0 Å². The highest BCUT2D eigenvalue weighted by Crippen LogP contribution is 2.07. The molecule has 0 bridgehead atoms. The van der Waals surface area contributed by atoms with Crippen molar-refractivity contribution in [1.82, 2.24) is 9.88 Å². The number of hydrogen-bond donors (Lipinski definition) is 1. The Kier molecular flexibility index (Phi) is 9.78. The highest BCUT2D eigenvalue weighted by molar-refractivity contribution is 5.34. The van der Waals surface area contributed by atoms with Crippen LogP contribution in [0.4, 0.5) is 5.82 Å². The van der Waals surface area contributed by atoms with Crippen molar-refractivity contribution in [2.45, 2.75) is 27.3 Å². The summed E-state index contributed by atoms with van der Waals surface area (Å²) in [5, 5.41) is 3.25. The van der Waals surface area contributed by atoms with E-state index in [1.807, 2.05) is 26.0 Å². The summed E-state index contributed by atoms with van der Waals surface area (Å²) in [6.45, 7) is 12.6. The van der Waals surface area contributed by atoms with Gasteiger partial charge in [-0.25, -0.2) is 4.98 Å². The molecule has 0 unspecified atom stereocenters. The van der Waals surface area contributed by atoms with E-state index in [0.717, 1.165) is 64.1 Å². The summed E-state index contributed by atoms with van der Waals surface area (Å²) in [7, 11) is 0. The molecule has 1 N–H and O–H groups in total. The van der Waals surface area contributed by atoms with Gasteiger partial charge in [-0.3, -0.25) is 4.90 Å². The SMILES string of the molecule is CCNc1cccc(CN(CCOCC)CCOCC)n1. The maximum Gasteiger partial charge on any atom is 0.126 e. The Hall–Kier alpha value is -1.17. The van der Waals surface area contributed by atoms with E-state index in [4.69, 9.17) is 9.47 Å². The van der Waals surface area contributed by atoms with Crippen LogP contribution in [0.15, 0.2) is 18.2 Å². The monoisotopic (exact) mass is 295 g/mol. The molecule has 120 valence electrons. The molecular weight excluding hydrogens is 266 g/mol. The Morgan fingerprint density at radius 2 is 1.71 bits per heavy atom. The molecule has 0 atom stereocenters. The zero-order chi connectivity index (χ0) is 15.3. The first-order valence-corrected chi connectivity index (χ1v) is 7.87. The minimum absolute atomic E-state index is 0.746. The largest absolute Gasteiger partial charge is 0.380 e. The quantitative estimate of drug-likeness (QED) is 0.600. The van der Waals surface area contributed by atoms with E-state index in [1.54, 1.807) is 0 Å². The van der Waals surface area contributed by atoms with Crippen LogP contribution in [-0.4, -0.2) is 55.9 Å². The van der Waals surface area contributed by atoms with Gasteiger partial charge >= 0.3 is 0 Å². The van der Waals surface area contributed by atoms with Crippen molar-refractivity contribution in [3.05, 3.63) is 23.9 Å². The molecule has 5 heteroatoms. The molecule has 0 aromatic carbocycles. The van der Waals surface area contributed by atoms with Crippen LogP contribution in [0.25, 0.3) is 0 Å². The summed E-state index contributed by atoms with van der Waals surface area (Å²) in [4.78, 5) is 6.95. The standard InChI is InChI=1S/C16H29N3O2/c1-4-17-16-9-7-8-15(18-16)14-19(10-12-20-5-2)11-13-21-6-3/h7-9H,4-6,10-14H2,1-3H3,(H,17,18). The number of anilines is 1. The van der Waals surface area contributed by atoms with Crippen LogP contribution in [-0.2, 0) is 16.0 Å². The van der Waals surface area contributed by atoms with E-state index in [1.165, 1.54) is 0 Å². The lowest BCUT2D eigenvalue weighted by Crippen LogP contribution is -2.31. The van der Waals surface area contributed by atoms with Crippen LogP contribution in [0.3, 0.4) is 0 Å². The minimum Gasteiger partial charge on any atom is -0.380 e. The first-order valence-electron chi connectivity index (χ1n) is 7.87. The van der Waals surface area contributed by atoms with Gasteiger partial charge in [0.2, 0.25) is 0 Å². The number of nitrogens with one attached hydrogen (secondary N) is 1. The lowest BCUT2D eigenvalue weighted by molar-refractivity contribution is 0.0793. The van der Waals surface area contributed by atoms with E-state index < -0.39 is 0 Å². The van der Waals surface area contributed by atoms with Crippen LogP contribution in [0.2, 0.25) is 0 Å². The van der Waals surface area contributed by atoms with Crippen molar-refractivity contribution >= 4 is 5.82 Å². The van der Waals surface area contributed by atoms with Crippen molar-refractivity contribution in [2.24, 2.45) is 0 Å². The number of nitrogens with zero attached hydrogens (tertiary/aromatic N) is 2. The molecule has 1 heterocycles. The highest BCUT2D eigenvalue weighted by atomic mass is 16.5. The number of hydrogen-bond acceptors (Lipinski definition) is 5. The molecule has 0 saturated carbocycles. The average Bonchev–Trinajstić information content (AvgIpc) is 2.48. The predicted molar refractivity (Wildman–Crippen MR) is 86.7 cm³/mol. The summed E-state index contributed by atoms with van der Waals surface area (Å²) in [6.07, 6.45) is 0. The number of aromatic nitrogens is 1. The smallest absolute Gasteiger partial charge is 0.126 e. The van der Waals surface area contributed by atoms with Gasteiger partial charge in [0.05, 0.1) is 18.9 Å². The molecule has 0 radical (unpaired) electrons. The molecule has 0 aliphatic rings. The fourth-order valence-electron chi connectivity index (χ4n) is 2.02. The third-order valence-corrected chi connectivity index (χ3v) is 3.06. The highest BCUT2D eigenvalue weighted by Gasteiger charge is 2.07. The number of rotatable bonds is 12. The summed E-state index contributed by atoms with van der Waals surface area (Å²) < 4.78 is 10.9. The Labute approximate surface area is 128 Å². The molecule has 1 rings (SSSR count). The van der Waals surface area contributed by atoms with Crippen LogP contribution >= 0.6 is 0 Å². The molecule has 0 spiro atoms. The Bertz CT molecular complexity index is 364. The summed E-state index contributed by atoms with van der Waals surface area (Å²) in [6, 6.07) is 6.11. The second-order valence-electron chi connectivity index (χ2n) is 4.71. The predicted octanol–water partition coefficient (Wildman–Crippen LogP) is 2.39. The van der Waals surface area contributed by atoms with Gasteiger partial charge in [0.15, 0.2) is 0 Å². The van der Waals surface area contributed by atoms with Crippen molar-refractivity contribution in [3.8, 4) is 0 Å². The van der Waals surface area contributed by atoms with Gasteiger partial charge in [0.1, 0.15) is 5.82 Å². The van der Waals surface area contributed by atoms with Crippen LogP contribution < -0.4 is 5.32 Å². The second-order valence-corrected chi connectivity index (χ2v) is 4.71. The molecule has 1 aromatic rings. The fourth-order valence-corrected chi connectivity index (χ4v) is 2.02. The molecule has 0 aliphatic carbocycles. The summed E-state index contributed by atoms with van der Waals surface area (Å²) in [5.74, 6) is 0.935. The molecule has 0 aliphatic heterocycles. The third kappa shape index (κ3) is 7.99. The number of pyridine rings is 1. The third-order valence-electron chi connectivity index (χ3n) is 3.06. The van der Waals surface area contributed by atoms with Crippen molar-refractivity contribution in [2.75, 3.05) is 51.4 Å². The van der Waals surface area contributed by atoms with Crippen LogP contribution in [0, 0.1) is 0 Å².